The average molecular weight is 734 g/mol. The Morgan fingerprint density at radius 1 is 1.06 bits per heavy atom. The molecule has 1 aromatic heterocycles. The van der Waals surface area contributed by atoms with Crippen molar-refractivity contribution in [3.63, 3.8) is 0 Å². The van der Waals surface area contributed by atoms with E-state index >= 15 is 0 Å². The van der Waals surface area contributed by atoms with Crippen molar-refractivity contribution in [2.45, 2.75) is 49.9 Å². The number of thiazole rings is 1. The molecule has 5 rings (SSSR count). The van der Waals surface area contributed by atoms with Crippen molar-refractivity contribution < 1.29 is 43.0 Å². The standard InChI is InChI=1S/C35H35N5O9S2/c1-5-19-17-50-30-24(39-28(42)26(41)23-18-51-33(36)37-23)29(43)40(30)25(19)32(45)47-16-22(38-34(46)49-35(2,3)4)31(44)48-27(20-12-8-6-9-13-20)21-14-10-7-11-15-21/h5-15,18,22,24,27,30H,1,16-17H2,2-4H3,(H2,36,37)(H,38,46)(H,39,42)/t22?,24?,30-/m0/s1. The summed E-state index contributed by atoms with van der Waals surface area (Å²) in [4.78, 5) is 83.7. The molecule has 3 aromatic rings. The molecule has 0 bridgehead atoms. The molecule has 16 heteroatoms. The number of aromatic nitrogens is 1. The molecule has 2 aliphatic rings. The number of rotatable bonds is 12. The Balaban J connectivity index is 1.32. The van der Waals surface area contributed by atoms with Crippen LogP contribution in [0.1, 0.15) is 48.5 Å². The normalized spacial score (nSPS) is 17.4. The van der Waals surface area contributed by atoms with Gasteiger partial charge in [0.05, 0.1) is 0 Å². The van der Waals surface area contributed by atoms with Gasteiger partial charge in [-0.25, -0.2) is 19.4 Å². The lowest BCUT2D eigenvalue weighted by Crippen LogP contribution is -2.71. The molecule has 2 aliphatic heterocycles. The molecule has 2 aromatic carbocycles. The van der Waals surface area contributed by atoms with E-state index in [1.807, 2.05) is 12.1 Å². The Labute approximate surface area is 301 Å². The topological polar surface area (TPSA) is 196 Å². The number of Topliss-reactive ketones (excluding diaryl/α,β-unsaturated/α-hetero) is 1. The van der Waals surface area contributed by atoms with Crippen LogP contribution in [0.2, 0.25) is 0 Å². The Morgan fingerprint density at radius 3 is 2.24 bits per heavy atom. The lowest BCUT2D eigenvalue weighted by atomic mass is 10.0. The van der Waals surface area contributed by atoms with Crippen LogP contribution in [0.4, 0.5) is 9.93 Å². The molecule has 1 saturated heterocycles. The first-order valence-corrected chi connectivity index (χ1v) is 17.5. The fraction of sp³-hybridized carbons (Fsp3) is 0.286. The van der Waals surface area contributed by atoms with E-state index in [0.29, 0.717) is 16.7 Å². The van der Waals surface area contributed by atoms with E-state index in [9.17, 15) is 28.8 Å². The molecule has 266 valence electrons. The number of ketones is 1. The predicted octanol–water partition coefficient (Wildman–Crippen LogP) is 3.52. The molecule has 0 aliphatic carbocycles. The SMILES string of the molecule is C=CC1=C(C(=O)OCC(NC(=O)OC(C)(C)C)C(=O)OC(c2ccccc2)c2ccccc2)N2C(=O)C(NC(=O)C(=O)c3csc(N)n3)[C@@H]2SC1. The van der Waals surface area contributed by atoms with Crippen molar-refractivity contribution >= 4 is 63.9 Å². The zero-order chi connectivity index (χ0) is 36.9. The van der Waals surface area contributed by atoms with Crippen LogP contribution in [0, 0.1) is 0 Å². The van der Waals surface area contributed by atoms with Gasteiger partial charge in [-0.05, 0) is 37.5 Å². The Hall–Kier alpha value is -5.48. The highest BCUT2D eigenvalue weighted by Crippen LogP contribution is 2.41. The van der Waals surface area contributed by atoms with E-state index in [2.05, 4.69) is 22.2 Å². The Morgan fingerprint density at radius 2 is 1.69 bits per heavy atom. The van der Waals surface area contributed by atoms with Gasteiger partial charge < -0.3 is 30.6 Å². The smallest absolute Gasteiger partial charge is 0.408 e. The first-order chi connectivity index (χ1) is 24.3. The number of anilines is 1. The zero-order valence-corrected chi connectivity index (χ0v) is 29.5. The number of carbonyl (C=O) groups excluding carboxylic acids is 6. The third-order valence-corrected chi connectivity index (χ3v) is 9.46. The number of carbonyl (C=O) groups is 6. The maximum atomic E-state index is 13.7. The second-order valence-electron chi connectivity index (χ2n) is 12.3. The van der Waals surface area contributed by atoms with Crippen molar-refractivity contribution in [1.29, 1.82) is 0 Å². The number of hydrogen-bond acceptors (Lipinski definition) is 13. The zero-order valence-electron chi connectivity index (χ0n) is 27.8. The van der Waals surface area contributed by atoms with Crippen LogP contribution in [0.5, 0.6) is 0 Å². The molecular formula is C35H35N5O9S2. The summed E-state index contributed by atoms with van der Waals surface area (Å²) >= 11 is 2.23. The summed E-state index contributed by atoms with van der Waals surface area (Å²) in [6.07, 6.45) is -0.428. The maximum Gasteiger partial charge on any atom is 0.408 e. The van der Waals surface area contributed by atoms with Crippen molar-refractivity contribution in [2.75, 3.05) is 18.1 Å². The lowest BCUT2D eigenvalue weighted by molar-refractivity contribution is -0.157. The highest BCUT2D eigenvalue weighted by molar-refractivity contribution is 8.00. The van der Waals surface area contributed by atoms with E-state index < -0.39 is 71.4 Å². The average Bonchev–Trinajstić information content (AvgIpc) is 3.55. The first kappa shape index (κ1) is 36.8. The van der Waals surface area contributed by atoms with Crippen LogP contribution in [-0.4, -0.2) is 80.9 Å². The first-order valence-electron chi connectivity index (χ1n) is 15.6. The number of nitrogens with zero attached hydrogens (tertiary/aromatic N) is 2. The van der Waals surface area contributed by atoms with Gasteiger partial charge in [-0.2, -0.15) is 0 Å². The van der Waals surface area contributed by atoms with E-state index in [4.69, 9.17) is 19.9 Å². The molecule has 51 heavy (non-hydrogen) atoms. The van der Waals surface area contributed by atoms with Gasteiger partial charge in [0.1, 0.15) is 35.0 Å². The molecule has 14 nitrogen and oxygen atoms in total. The third-order valence-electron chi connectivity index (χ3n) is 7.48. The number of nitrogen functional groups attached to an aromatic ring is 1. The van der Waals surface area contributed by atoms with Crippen LogP contribution in [0.3, 0.4) is 0 Å². The van der Waals surface area contributed by atoms with Gasteiger partial charge in [0.2, 0.25) is 0 Å². The van der Waals surface area contributed by atoms with Crippen LogP contribution >= 0.6 is 23.1 Å². The number of hydrogen-bond donors (Lipinski definition) is 3. The number of esters is 2. The number of β-lactam (4-membered cyclic amide) rings is 1. The summed E-state index contributed by atoms with van der Waals surface area (Å²) in [6, 6.07) is 15.3. The van der Waals surface area contributed by atoms with E-state index in [-0.39, 0.29) is 22.3 Å². The molecule has 0 radical (unpaired) electrons. The van der Waals surface area contributed by atoms with Crippen LogP contribution in [0.15, 0.2) is 90.0 Å². The number of nitrogens with one attached hydrogen (secondary N) is 2. The van der Waals surface area contributed by atoms with Crippen molar-refractivity contribution in [1.82, 2.24) is 20.5 Å². The highest BCUT2D eigenvalue weighted by Gasteiger charge is 2.54. The summed E-state index contributed by atoms with van der Waals surface area (Å²) in [6.45, 7) is 7.99. The minimum atomic E-state index is -1.52. The summed E-state index contributed by atoms with van der Waals surface area (Å²) in [5.74, 6) is -4.39. The van der Waals surface area contributed by atoms with E-state index in [1.165, 1.54) is 23.2 Å². The van der Waals surface area contributed by atoms with Gasteiger partial charge in [-0.3, -0.25) is 19.3 Å². The second kappa shape index (κ2) is 15.6. The minimum absolute atomic E-state index is 0.106. The Bertz CT molecular complexity index is 1830. The number of allylic oxidation sites excluding steroid dienone is 1. The van der Waals surface area contributed by atoms with Crippen molar-refractivity contribution in [3.05, 3.63) is 107 Å². The summed E-state index contributed by atoms with van der Waals surface area (Å²) < 4.78 is 16.8. The summed E-state index contributed by atoms with van der Waals surface area (Å²) in [5, 5.41) is 5.54. The maximum absolute atomic E-state index is 13.7. The molecule has 0 spiro atoms. The van der Waals surface area contributed by atoms with Gasteiger partial charge >= 0.3 is 18.0 Å². The monoisotopic (exact) mass is 733 g/mol. The third kappa shape index (κ3) is 8.64. The van der Waals surface area contributed by atoms with Gasteiger partial charge in [-0.1, -0.05) is 73.3 Å². The van der Waals surface area contributed by atoms with E-state index in [1.54, 1.807) is 69.3 Å². The van der Waals surface area contributed by atoms with Gasteiger partial charge in [0.25, 0.3) is 17.6 Å². The molecule has 3 atom stereocenters. The summed E-state index contributed by atoms with van der Waals surface area (Å²) in [7, 11) is 0. The van der Waals surface area contributed by atoms with Crippen molar-refractivity contribution in [3.8, 4) is 0 Å². The predicted molar refractivity (Wildman–Crippen MR) is 188 cm³/mol. The highest BCUT2D eigenvalue weighted by atomic mass is 32.2. The van der Waals surface area contributed by atoms with Gasteiger partial charge in [0.15, 0.2) is 17.3 Å². The molecule has 2 unspecified atom stereocenters. The molecular weight excluding hydrogens is 699 g/mol. The fourth-order valence-electron chi connectivity index (χ4n) is 5.13. The largest absolute Gasteiger partial charge is 0.458 e. The number of amides is 3. The quantitative estimate of drug-likeness (QED) is 0.0807. The second-order valence-corrected chi connectivity index (χ2v) is 14.3. The number of thioether (sulfide) groups is 1. The number of ether oxygens (including phenoxy) is 3. The van der Waals surface area contributed by atoms with Crippen LogP contribution in [-0.2, 0) is 33.4 Å². The minimum Gasteiger partial charge on any atom is -0.458 e. The number of nitrogens with two attached hydrogens (primary N) is 1. The van der Waals surface area contributed by atoms with E-state index in [0.717, 1.165) is 16.2 Å². The van der Waals surface area contributed by atoms with Crippen LogP contribution in [0.25, 0.3) is 0 Å². The molecule has 1 fully saturated rings. The molecule has 3 heterocycles. The molecule has 3 amide bonds. The Kier molecular flexibility index (Phi) is 11.3. The van der Waals surface area contributed by atoms with Crippen LogP contribution < -0.4 is 16.4 Å². The lowest BCUT2D eigenvalue weighted by Gasteiger charge is -2.49. The van der Waals surface area contributed by atoms with Gasteiger partial charge in [0, 0.05) is 11.1 Å². The van der Waals surface area contributed by atoms with Crippen molar-refractivity contribution in [2.24, 2.45) is 0 Å². The molecule has 4 N–H and O–H groups in total. The number of alkyl carbamates (subject to hydrolysis) is 1. The summed E-state index contributed by atoms with van der Waals surface area (Å²) in [5.41, 5.74) is 6.02. The number of fused-ring (bicyclic) bond motifs is 1. The van der Waals surface area contributed by atoms with Gasteiger partial charge in [-0.15, -0.1) is 23.1 Å². The molecule has 0 saturated carbocycles. The fourth-order valence-corrected chi connectivity index (χ4v) is 7.02. The number of benzene rings is 2.